The molecular weight excluding hydrogens is 372 g/mol. The molecule has 1 atom stereocenters. The predicted octanol–water partition coefficient (Wildman–Crippen LogP) is 1.09. The molecule has 4 rings (SSSR count). The lowest BCUT2D eigenvalue weighted by Crippen LogP contribution is -2.49. The van der Waals surface area contributed by atoms with Gasteiger partial charge in [0.1, 0.15) is 20.2 Å². The van der Waals surface area contributed by atoms with Crippen LogP contribution in [0.5, 0.6) is 0 Å². The summed E-state index contributed by atoms with van der Waals surface area (Å²) in [7, 11) is 5.52. The number of amides is 2. The molecule has 1 fully saturated rings. The number of fused-ring (bicyclic) bond motifs is 2. The van der Waals surface area contributed by atoms with Crippen molar-refractivity contribution in [1.82, 2.24) is 14.9 Å². The molecule has 1 spiro atoms. The van der Waals surface area contributed by atoms with Crippen LogP contribution in [0.25, 0.3) is 0 Å². The van der Waals surface area contributed by atoms with E-state index in [1.807, 2.05) is 0 Å². The highest BCUT2D eigenvalue weighted by atomic mass is 19.3. The first kappa shape index (κ1) is 18.5. The Morgan fingerprint density at radius 1 is 1.32 bits per heavy atom. The predicted molar refractivity (Wildman–Crippen MR) is 94.3 cm³/mol. The first-order chi connectivity index (χ1) is 13.1. The van der Waals surface area contributed by atoms with E-state index in [1.165, 1.54) is 18.5 Å². The smallest absolute Gasteiger partial charge is 0.260 e. The fourth-order valence-corrected chi connectivity index (χ4v) is 3.59. The Morgan fingerprint density at radius 3 is 2.57 bits per heavy atom. The molecule has 142 valence electrons. The summed E-state index contributed by atoms with van der Waals surface area (Å²) in [5, 5.41) is 2.41. The van der Waals surface area contributed by atoms with Crippen molar-refractivity contribution in [1.29, 1.82) is 0 Å². The lowest BCUT2D eigenvalue weighted by Gasteiger charge is -2.35. The van der Waals surface area contributed by atoms with Crippen molar-refractivity contribution in [3.8, 4) is 0 Å². The molecule has 2 aromatic rings. The molecule has 0 bridgehead atoms. The molecule has 1 saturated carbocycles. The fraction of sp³-hybridized carbons (Fsp3) is 0.333. The number of hydrogen-bond acceptors (Lipinski definition) is 4. The van der Waals surface area contributed by atoms with Crippen LogP contribution in [0.4, 0.5) is 19.1 Å². The first-order valence-electron chi connectivity index (χ1n) is 8.49. The van der Waals surface area contributed by atoms with Gasteiger partial charge in [0.15, 0.2) is 0 Å². The summed E-state index contributed by atoms with van der Waals surface area (Å²) in [5.74, 6) is -5.50. The second-order valence-corrected chi connectivity index (χ2v) is 7.15. The molecular formula is C18H14BF3N4O2. The standard InChI is InChI=1S/C18H14BF3N4O2/c1-9-4-23-16(24-5-9)25-12(27)6-26-8-17(7-18(17,21)22)13-10(15(26)28)2-3-11(19)14(13)20/h2-5H,6-8H2,1H3,(H,23,24,25,27). The monoisotopic (exact) mass is 386 g/mol. The van der Waals surface area contributed by atoms with E-state index >= 15 is 0 Å². The second-order valence-electron chi connectivity index (χ2n) is 7.15. The Labute approximate surface area is 159 Å². The van der Waals surface area contributed by atoms with Gasteiger partial charge in [-0.3, -0.25) is 14.9 Å². The Morgan fingerprint density at radius 2 is 1.96 bits per heavy atom. The number of benzene rings is 1. The zero-order valence-corrected chi connectivity index (χ0v) is 14.8. The number of nitrogens with zero attached hydrogens (tertiary/aromatic N) is 3. The van der Waals surface area contributed by atoms with E-state index in [4.69, 9.17) is 7.85 Å². The highest BCUT2D eigenvalue weighted by Gasteiger charge is 2.75. The normalized spacial score (nSPS) is 22.1. The molecule has 2 heterocycles. The number of nitrogens with one attached hydrogen (secondary N) is 1. The number of anilines is 1. The minimum Gasteiger partial charge on any atom is -0.328 e. The summed E-state index contributed by atoms with van der Waals surface area (Å²) in [6, 6.07) is 2.38. The van der Waals surface area contributed by atoms with Gasteiger partial charge in [0, 0.05) is 36.5 Å². The second kappa shape index (κ2) is 6.05. The van der Waals surface area contributed by atoms with Crippen LogP contribution < -0.4 is 10.8 Å². The third kappa shape index (κ3) is 2.74. The van der Waals surface area contributed by atoms with Crippen LogP contribution >= 0.6 is 0 Å². The quantitative estimate of drug-likeness (QED) is 0.802. The van der Waals surface area contributed by atoms with E-state index in [2.05, 4.69) is 15.3 Å². The molecule has 1 aliphatic carbocycles. The van der Waals surface area contributed by atoms with Crippen molar-refractivity contribution in [3.05, 3.63) is 47.0 Å². The van der Waals surface area contributed by atoms with Crippen LogP contribution in [-0.4, -0.2) is 53.5 Å². The maximum Gasteiger partial charge on any atom is 0.260 e. The summed E-state index contributed by atoms with van der Waals surface area (Å²) in [6.07, 6.45) is 2.38. The Balaban J connectivity index is 1.61. The Kier molecular flexibility index (Phi) is 3.99. The number of rotatable bonds is 3. The lowest BCUT2D eigenvalue weighted by molar-refractivity contribution is -0.117. The summed E-state index contributed by atoms with van der Waals surface area (Å²) >= 11 is 0. The molecule has 2 radical (unpaired) electrons. The van der Waals surface area contributed by atoms with Gasteiger partial charge < -0.3 is 4.90 Å². The molecule has 28 heavy (non-hydrogen) atoms. The highest BCUT2D eigenvalue weighted by molar-refractivity contribution is 6.32. The molecule has 0 saturated heterocycles. The van der Waals surface area contributed by atoms with Crippen molar-refractivity contribution in [2.45, 2.75) is 24.7 Å². The number of carbonyl (C=O) groups is 2. The summed E-state index contributed by atoms with van der Waals surface area (Å²) < 4.78 is 43.0. The zero-order chi connectivity index (χ0) is 20.3. The zero-order valence-electron chi connectivity index (χ0n) is 14.8. The molecule has 1 aromatic carbocycles. The van der Waals surface area contributed by atoms with E-state index in [1.54, 1.807) is 6.92 Å². The average Bonchev–Trinajstić information content (AvgIpc) is 3.17. The van der Waals surface area contributed by atoms with Crippen molar-refractivity contribution < 1.29 is 22.8 Å². The minimum atomic E-state index is -3.19. The van der Waals surface area contributed by atoms with Crippen molar-refractivity contribution in [3.63, 3.8) is 0 Å². The molecule has 1 unspecified atom stereocenters. The van der Waals surface area contributed by atoms with Crippen LogP contribution in [0.15, 0.2) is 24.5 Å². The number of halogens is 3. The number of hydrogen-bond donors (Lipinski definition) is 1. The van der Waals surface area contributed by atoms with Crippen LogP contribution in [-0.2, 0) is 10.2 Å². The third-order valence-corrected chi connectivity index (χ3v) is 5.09. The average molecular weight is 386 g/mol. The van der Waals surface area contributed by atoms with Gasteiger partial charge in [-0.05, 0) is 18.6 Å². The summed E-state index contributed by atoms with van der Waals surface area (Å²) in [4.78, 5) is 33.8. The first-order valence-corrected chi connectivity index (χ1v) is 8.49. The largest absolute Gasteiger partial charge is 0.328 e. The van der Waals surface area contributed by atoms with Crippen molar-refractivity contribution >= 4 is 31.1 Å². The molecule has 1 aromatic heterocycles. The number of aromatic nitrogens is 2. The van der Waals surface area contributed by atoms with Crippen molar-refractivity contribution in [2.24, 2.45) is 0 Å². The van der Waals surface area contributed by atoms with Gasteiger partial charge >= 0.3 is 0 Å². The van der Waals surface area contributed by atoms with E-state index in [0.717, 1.165) is 16.5 Å². The van der Waals surface area contributed by atoms with E-state index < -0.39 is 48.5 Å². The lowest BCUT2D eigenvalue weighted by atomic mass is 9.80. The molecule has 1 N–H and O–H groups in total. The van der Waals surface area contributed by atoms with Crippen LogP contribution in [0, 0.1) is 12.7 Å². The van der Waals surface area contributed by atoms with E-state index in [9.17, 15) is 22.8 Å². The Bertz CT molecular complexity index is 999. The van der Waals surface area contributed by atoms with Gasteiger partial charge in [-0.1, -0.05) is 11.5 Å². The summed E-state index contributed by atoms with van der Waals surface area (Å²) in [6.45, 7) is 0.810. The number of alkyl halides is 2. The molecule has 1 aliphatic heterocycles. The van der Waals surface area contributed by atoms with Crippen molar-refractivity contribution in [2.75, 3.05) is 18.4 Å². The van der Waals surface area contributed by atoms with Gasteiger partial charge in [-0.25, -0.2) is 23.1 Å². The molecule has 6 nitrogen and oxygen atoms in total. The highest BCUT2D eigenvalue weighted by Crippen LogP contribution is 2.64. The maximum absolute atomic E-state index is 14.5. The van der Waals surface area contributed by atoms with Crippen LogP contribution in [0.1, 0.15) is 27.9 Å². The molecule has 2 aliphatic rings. The van der Waals surface area contributed by atoms with Gasteiger partial charge in [0.05, 0.1) is 5.41 Å². The van der Waals surface area contributed by atoms with E-state index in [0.29, 0.717) is 0 Å². The van der Waals surface area contributed by atoms with Crippen LogP contribution in [0.3, 0.4) is 0 Å². The molecule has 10 heteroatoms. The van der Waals surface area contributed by atoms with Gasteiger partial charge in [0.2, 0.25) is 11.9 Å². The minimum absolute atomic E-state index is 0.0331. The fourth-order valence-electron chi connectivity index (χ4n) is 3.59. The van der Waals surface area contributed by atoms with E-state index in [-0.39, 0.29) is 22.5 Å². The summed E-state index contributed by atoms with van der Waals surface area (Å²) in [5.41, 5.74) is -1.93. The maximum atomic E-state index is 14.5. The van der Waals surface area contributed by atoms with Gasteiger partial charge in [0.25, 0.3) is 11.8 Å². The SMILES string of the molecule is [B]c1ccc2c(c1F)C1(CN(CC(=O)Nc3ncc(C)cn3)C2=O)CC1(F)F. The van der Waals surface area contributed by atoms with Gasteiger partial charge in [-0.15, -0.1) is 0 Å². The number of aryl methyl sites for hydroxylation is 1. The number of carbonyl (C=O) groups excluding carboxylic acids is 2. The Hall–Kier alpha value is -2.91. The van der Waals surface area contributed by atoms with Crippen LogP contribution in [0.2, 0.25) is 0 Å². The molecule has 2 amide bonds. The topological polar surface area (TPSA) is 75.2 Å². The van der Waals surface area contributed by atoms with Gasteiger partial charge in [-0.2, -0.15) is 0 Å². The third-order valence-electron chi connectivity index (χ3n) is 5.09.